The molecule has 1 rings (SSSR count). The lowest BCUT2D eigenvalue weighted by Crippen LogP contribution is -1.84. The Kier molecular flexibility index (Phi) is 4.02. The fraction of sp³-hybridized carbons (Fsp3) is 0.333. The third-order valence-electron chi connectivity index (χ3n) is 1.54. The number of thiol groups is 1. The van der Waals surface area contributed by atoms with Crippen molar-refractivity contribution in [3.8, 4) is 0 Å². The summed E-state index contributed by atoms with van der Waals surface area (Å²) >= 11 is 7.56. The van der Waals surface area contributed by atoms with E-state index in [0.717, 1.165) is 23.1 Å². The molecule has 0 saturated heterocycles. The summed E-state index contributed by atoms with van der Waals surface area (Å²) in [5.41, 5.74) is 1.39. The zero-order valence-corrected chi connectivity index (χ0v) is 8.74. The Morgan fingerprint density at radius 1 is 1.18 bits per heavy atom. The van der Waals surface area contributed by atoms with Gasteiger partial charge in [-0.2, -0.15) is 12.6 Å². The number of hydrogen-bond acceptors (Lipinski definition) is 1. The van der Waals surface area contributed by atoms with Crippen molar-refractivity contribution in [1.29, 1.82) is 0 Å². The highest BCUT2D eigenvalue weighted by Gasteiger charge is 1.90. The van der Waals surface area contributed by atoms with Crippen LogP contribution in [0.15, 0.2) is 28.7 Å². The van der Waals surface area contributed by atoms with Gasteiger partial charge < -0.3 is 0 Å². The first-order chi connectivity index (χ1) is 5.33. The van der Waals surface area contributed by atoms with E-state index < -0.39 is 0 Å². The van der Waals surface area contributed by atoms with Gasteiger partial charge in [-0.05, 0) is 36.3 Å². The monoisotopic (exact) mass is 230 g/mol. The zero-order valence-electron chi connectivity index (χ0n) is 6.26. The Bertz CT molecular complexity index is 205. The first-order valence-electron chi connectivity index (χ1n) is 3.68. The number of halogens is 1. The van der Waals surface area contributed by atoms with Crippen LogP contribution in [-0.4, -0.2) is 5.75 Å². The Labute approximate surface area is 81.5 Å². The normalized spacial score (nSPS) is 10.0. The summed E-state index contributed by atoms with van der Waals surface area (Å²) in [6.45, 7) is 0. The van der Waals surface area contributed by atoms with Gasteiger partial charge in [-0.1, -0.05) is 28.1 Å². The minimum Gasteiger partial charge on any atom is -0.179 e. The van der Waals surface area contributed by atoms with Gasteiger partial charge in [0.1, 0.15) is 0 Å². The third-order valence-corrected chi connectivity index (χ3v) is 2.38. The second kappa shape index (κ2) is 4.83. The van der Waals surface area contributed by atoms with Crippen molar-refractivity contribution in [2.45, 2.75) is 12.8 Å². The van der Waals surface area contributed by atoms with Crippen molar-refractivity contribution in [2.24, 2.45) is 0 Å². The molecule has 0 aliphatic carbocycles. The molecule has 0 atom stereocenters. The highest BCUT2D eigenvalue weighted by Crippen LogP contribution is 2.11. The third kappa shape index (κ3) is 3.30. The van der Waals surface area contributed by atoms with Gasteiger partial charge in [0, 0.05) is 4.47 Å². The SMILES string of the molecule is SCCCc1ccc(Br)cc1. The maximum absolute atomic E-state index is 4.16. The van der Waals surface area contributed by atoms with Crippen LogP contribution < -0.4 is 0 Å². The lowest BCUT2D eigenvalue weighted by molar-refractivity contribution is 0.936. The van der Waals surface area contributed by atoms with Crippen LogP contribution in [-0.2, 0) is 6.42 Å². The molecule has 0 fully saturated rings. The summed E-state index contributed by atoms with van der Waals surface area (Å²) in [4.78, 5) is 0. The van der Waals surface area contributed by atoms with E-state index in [9.17, 15) is 0 Å². The molecule has 0 bridgehead atoms. The van der Waals surface area contributed by atoms with Crippen molar-refractivity contribution >= 4 is 28.6 Å². The van der Waals surface area contributed by atoms with Crippen LogP contribution in [0.4, 0.5) is 0 Å². The Hall–Kier alpha value is 0.0500. The molecule has 0 spiro atoms. The lowest BCUT2D eigenvalue weighted by atomic mass is 10.1. The number of benzene rings is 1. The highest BCUT2D eigenvalue weighted by atomic mass is 79.9. The summed E-state index contributed by atoms with van der Waals surface area (Å²) in [7, 11) is 0. The van der Waals surface area contributed by atoms with Gasteiger partial charge in [-0.25, -0.2) is 0 Å². The molecular formula is C9H11BrS. The Balaban J connectivity index is 2.52. The summed E-state index contributed by atoms with van der Waals surface area (Å²) in [6.07, 6.45) is 2.29. The van der Waals surface area contributed by atoms with E-state index in [1.54, 1.807) is 0 Å². The van der Waals surface area contributed by atoms with Gasteiger partial charge in [0.15, 0.2) is 0 Å². The molecule has 2 heteroatoms. The van der Waals surface area contributed by atoms with Crippen LogP contribution in [0.1, 0.15) is 12.0 Å². The molecule has 0 heterocycles. The van der Waals surface area contributed by atoms with Crippen molar-refractivity contribution in [1.82, 2.24) is 0 Å². The largest absolute Gasteiger partial charge is 0.179 e. The first kappa shape index (κ1) is 9.14. The Morgan fingerprint density at radius 3 is 2.36 bits per heavy atom. The van der Waals surface area contributed by atoms with Gasteiger partial charge in [-0.15, -0.1) is 0 Å². The molecule has 60 valence electrons. The first-order valence-corrected chi connectivity index (χ1v) is 5.11. The summed E-state index contributed by atoms with van der Waals surface area (Å²) < 4.78 is 1.15. The van der Waals surface area contributed by atoms with E-state index in [4.69, 9.17) is 0 Å². The fourth-order valence-corrected chi connectivity index (χ4v) is 1.36. The van der Waals surface area contributed by atoms with Crippen LogP contribution in [0, 0.1) is 0 Å². The van der Waals surface area contributed by atoms with Crippen LogP contribution in [0.5, 0.6) is 0 Å². The molecule has 11 heavy (non-hydrogen) atoms. The van der Waals surface area contributed by atoms with Crippen LogP contribution >= 0.6 is 28.6 Å². The van der Waals surface area contributed by atoms with E-state index >= 15 is 0 Å². The van der Waals surface area contributed by atoms with E-state index in [0.29, 0.717) is 0 Å². The minimum atomic E-state index is 0.968. The molecular weight excluding hydrogens is 220 g/mol. The molecule has 0 unspecified atom stereocenters. The molecule has 1 aromatic rings. The minimum absolute atomic E-state index is 0.968. The molecule has 1 aromatic carbocycles. The molecule has 0 aliphatic heterocycles. The van der Waals surface area contributed by atoms with Gasteiger partial charge in [0.25, 0.3) is 0 Å². The standard InChI is InChI=1S/C9H11BrS/c10-9-5-3-8(4-6-9)2-1-7-11/h3-6,11H,1-2,7H2. The van der Waals surface area contributed by atoms with Crippen LogP contribution in [0.3, 0.4) is 0 Å². The summed E-state index contributed by atoms with van der Waals surface area (Å²) in [5, 5.41) is 0. The molecule has 0 nitrogen and oxygen atoms in total. The predicted octanol–water partition coefficient (Wildman–Crippen LogP) is 3.31. The summed E-state index contributed by atoms with van der Waals surface area (Å²) in [5.74, 6) is 0.968. The molecule has 0 aromatic heterocycles. The molecule has 0 radical (unpaired) electrons. The van der Waals surface area contributed by atoms with Crippen LogP contribution in [0.25, 0.3) is 0 Å². The maximum Gasteiger partial charge on any atom is 0.0175 e. The van der Waals surface area contributed by atoms with Crippen molar-refractivity contribution in [2.75, 3.05) is 5.75 Å². The number of hydrogen-bond donors (Lipinski definition) is 1. The maximum atomic E-state index is 4.16. The fourth-order valence-electron chi connectivity index (χ4n) is 0.934. The quantitative estimate of drug-likeness (QED) is 0.758. The second-order valence-corrected chi connectivity index (χ2v) is 3.82. The highest BCUT2D eigenvalue weighted by molar-refractivity contribution is 9.10. The van der Waals surface area contributed by atoms with Gasteiger partial charge >= 0.3 is 0 Å². The number of rotatable bonds is 3. The Morgan fingerprint density at radius 2 is 1.82 bits per heavy atom. The zero-order chi connectivity index (χ0) is 8.10. The van der Waals surface area contributed by atoms with E-state index in [2.05, 4.69) is 52.8 Å². The van der Waals surface area contributed by atoms with Crippen molar-refractivity contribution in [3.63, 3.8) is 0 Å². The van der Waals surface area contributed by atoms with Crippen LogP contribution in [0.2, 0.25) is 0 Å². The molecule has 0 aliphatic rings. The van der Waals surface area contributed by atoms with Gasteiger partial charge in [0.05, 0.1) is 0 Å². The average molecular weight is 231 g/mol. The van der Waals surface area contributed by atoms with Crippen molar-refractivity contribution < 1.29 is 0 Å². The van der Waals surface area contributed by atoms with Gasteiger partial charge in [0.2, 0.25) is 0 Å². The topological polar surface area (TPSA) is 0 Å². The van der Waals surface area contributed by atoms with E-state index in [1.807, 2.05) is 0 Å². The lowest BCUT2D eigenvalue weighted by Gasteiger charge is -1.98. The smallest absolute Gasteiger partial charge is 0.0175 e. The van der Waals surface area contributed by atoms with Gasteiger partial charge in [-0.3, -0.25) is 0 Å². The van der Waals surface area contributed by atoms with Crippen molar-refractivity contribution in [3.05, 3.63) is 34.3 Å². The molecule has 0 amide bonds. The second-order valence-electron chi connectivity index (χ2n) is 2.45. The van der Waals surface area contributed by atoms with E-state index in [1.165, 1.54) is 5.56 Å². The summed E-state index contributed by atoms with van der Waals surface area (Å²) in [6, 6.07) is 8.45. The number of aryl methyl sites for hydroxylation is 1. The molecule has 0 saturated carbocycles. The molecule has 0 N–H and O–H groups in total. The van der Waals surface area contributed by atoms with E-state index in [-0.39, 0.29) is 0 Å². The average Bonchev–Trinajstić information content (AvgIpc) is 2.04. The predicted molar refractivity (Wildman–Crippen MR) is 56.3 cm³/mol.